The molecule has 1 saturated heterocycles. The number of nitrogens with one attached hydrogen (secondary N) is 1. The third kappa shape index (κ3) is 4.28. The van der Waals surface area contributed by atoms with Crippen LogP contribution in [0.4, 0.5) is 24.5 Å². The van der Waals surface area contributed by atoms with Gasteiger partial charge in [0.25, 0.3) is 5.91 Å². The highest BCUT2D eigenvalue weighted by atomic mass is 19.4. The number of nitrogens with zero attached hydrogens (tertiary/aromatic N) is 1. The van der Waals surface area contributed by atoms with Crippen LogP contribution in [0.25, 0.3) is 0 Å². The van der Waals surface area contributed by atoms with Gasteiger partial charge in [-0.2, -0.15) is 13.2 Å². The Balaban J connectivity index is 1.14. The molecule has 220 valence electrons. The van der Waals surface area contributed by atoms with Crippen molar-refractivity contribution in [1.82, 2.24) is 0 Å². The number of alkyl halides is 3. The number of para-hydroxylation sites is 1. The molecule has 0 unspecified atom stereocenters. The van der Waals surface area contributed by atoms with Gasteiger partial charge in [-0.25, -0.2) is 9.69 Å². The Labute approximate surface area is 249 Å². The summed E-state index contributed by atoms with van der Waals surface area (Å²) < 4.78 is 44.2. The second-order valence-electron chi connectivity index (χ2n) is 11.0. The minimum Gasteiger partial charge on any atom is -0.452 e. The summed E-state index contributed by atoms with van der Waals surface area (Å²) in [6, 6.07) is 25.7. The van der Waals surface area contributed by atoms with E-state index < -0.39 is 53.9 Å². The number of carbonyl (C=O) groups is 4. The highest BCUT2D eigenvalue weighted by Crippen LogP contribution is 2.61. The van der Waals surface area contributed by atoms with Crippen molar-refractivity contribution in [2.24, 2.45) is 11.8 Å². The molecule has 1 N–H and O–H groups in total. The van der Waals surface area contributed by atoms with Crippen LogP contribution in [0.15, 0.2) is 97.1 Å². The van der Waals surface area contributed by atoms with E-state index in [2.05, 4.69) is 5.32 Å². The average Bonchev–Trinajstić information content (AvgIpc) is 3.29. The molecule has 2 atom stereocenters. The lowest BCUT2D eigenvalue weighted by atomic mass is 9.55. The number of amides is 3. The van der Waals surface area contributed by atoms with E-state index in [0.717, 1.165) is 45.4 Å². The van der Waals surface area contributed by atoms with Crippen molar-refractivity contribution in [3.63, 3.8) is 0 Å². The molecule has 2 bridgehead atoms. The number of rotatable bonds is 5. The SMILES string of the molecule is O=C(COC(=O)c1ccccc1N1C(=O)[C@H]2C3c4ccccc4C(c4ccccc43)[C@@H]2C1=O)Nc1cccc(C(F)(F)F)c1. The van der Waals surface area contributed by atoms with Crippen molar-refractivity contribution < 1.29 is 37.1 Å². The second kappa shape index (κ2) is 10.2. The number of halogens is 3. The molecule has 0 radical (unpaired) electrons. The first-order valence-electron chi connectivity index (χ1n) is 13.9. The van der Waals surface area contributed by atoms with E-state index >= 15 is 0 Å². The minimum absolute atomic E-state index is 0.0488. The van der Waals surface area contributed by atoms with Crippen molar-refractivity contribution in [1.29, 1.82) is 0 Å². The summed E-state index contributed by atoms with van der Waals surface area (Å²) in [5, 5.41) is 2.28. The van der Waals surface area contributed by atoms with Gasteiger partial charge < -0.3 is 10.1 Å². The van der Waals surface area contributed by atoms with Crippen LogP contribution in [0.2, 0.25) is 0 Å². The van der Waals surface area contributed by atoms with E-state index in [1.807, 2.05) is 48.5 Å². The number of carbonyl (C=O) groups excluding carboxylic acids is 4. The summed E-state index contributed by atoms with van der Waals surface area (Å²) in [5.74, 6) is -4.61. The molecule has 4 aliphatic rings. The van der Waals surface area contributed by atoms with Gasteiger partial charge in [0, 0.05) is 17.5 Å². The first-order valence-corrected chi connectivity index (χ1v) is 13.9. The van der Waals surface area contributed by atoms with Crippen molar-refractivity contribution in [3.8, 4) is 0 Å². The molecule has 0 saturated carbocycles. The molecule has 10 heteroatoms. The molecule has 44 heavy (non-hydrogen) atoms. The molecule has 3 aliphatic carbocycles. The van der Waals surface area contributed by atoms with Crippen LogP contribution >= 0.6 is 0 Å². The topological polar surface area (TPSA) is 92.8 Å². The highest BCUT2D eigenvalue weighted by molar-refractivity contribution is 6.25. The maximum atomic E-state index is 14.1. The number of hydrogen-bond donors (Lipinski definition) is 1. The Morgan fingerprint density at radius 1 is 0.727 bits per heavy atom. The van der Waals surface area contributed by atoms with Crippen LogP contribution < -0.4 is 10.2 Å². The Morgan fingerprint density at radius 2 is 1.25 bits per heavy atom. The normalized spacial score (nSPS) is 21.4. The summed E-state index contributed by atoms with van der Waals surface area (Å²) in [6.07, 6.45) is -4.59. The van der Waals surface area contributed by atoms with E-state index in [9.17, 15) is 32.3 Å². The van der Waals surface area contributed by atoms with Gasteiger partial charge in [-0.05, 0) is 52.6 Å². The Hall–Kier alpha value is -5.25. The van der Waals surface area contributed by atoms with Gasteiger partial charge in [-0.15, -0.1) is 0 Å². The van der Waals surface area contributed by atoms with Gasteiger partial charge in [-0.1, -0.05) is 66.7 Å². The van der Waals surface area contributed by atoms with E-state index in [-0.39, 0.29) is 28.8 Å². The van der Waals surface area contributed by atoms with Gasteiger partial charge >= 0.3 is 12.1 Å². The summed E-state index contributed by atoms with van der Waals surface area (Å²) in [6.45, 7) is -0.800. The van der Waals surface area contributed by atoms with E-state index in [1.54, 1.807) is 6.07 Å². The van der Waals surface area contributed by atoms with Crippen LogP contribution in [0.1, 0.15) is 50.0 Å². The van der Waals surface area contributed by atoms with Crippen molar-refractivity contribution in [2.75, 3.05) is 16.8 Å². The molecule has 1 aliphatic heterocycles. The number of hydrogen-bond acceptors (Lipinski definition) is 5. The van der Waals surface area contributed by atoms with Gasteiger partial charge in [0.05, 0.1) is 28.7 Å². The smallest absolute Gasteiger partial charge is 0.416 e. The number of anilines is 2. The number of esters is 1. The fraction of sp³-hybridized carbons (Fsp3) is 0.176. The first-order chi connectivity index (χ1) is 21.1. The number of ether oxygens (including phenoxy) is 1. The lowest BCUT2D eigenvalue weighted by Gasteiger charge is -2.45. The number of imide groups is 1. The summed E-state index contributed by atoms with van der Waals surface area (Å²) in [5.41, 5.74) is 2.95. The Kier molecular flexibility index (Phi) is 6.38. The van der Waals surface area contributed by atoms with Crippen LogP contribution in [0, 0.1) is 11.8 Å². The molecule has 4 aromatic carbocycles. The summed E-state index contributed by atoms with van der Waals surface area (Å²) in [4.78, 5) is 54.9. The molecule has 1 fully saturated rings. The van der Waals surface area contributed by atoms with Crippen molar-refractivity contribution in [3.05, 3.63) is 130 Å². The lowest BCUT2D eigenvalue weighted by Crippen LogP contribution is -2.41. The fourth-order valence-electron chi connectivity index (χ4n) is 6.94. The number of benzene rings is 4. The lowest BCUT2D eigenvalue weighted by molar-refractivity contribution is -0.137. The molecule has 7 nitrogen and oxygen atoms in total. The van der Waals surface area contributed by atoms with Crippen LogP contribution in [-0.4, -0.2) is 30.3 Å². The highest BCUT2D eigenvalue weighted by Gasteiger charge is 2.62. The predicted octanol–water partition coefficient (Wildman–Crippen LogP) is 5.90. The summed E-state index contributed by atoms with van der Waals surface area (Å²) >= 11 is 0. The standard InChI is InChI=1S/C34H23F3N2O5/c35-34(36,37)18-8-7-9-19(16-18)38-26(40)17-44-33(43)24-14-5-6-15-25(24)39-31(41)29-27-20-10-1-2-11-21(20)28(30(29)32(39)42)23-13-4-3-12-22(23)27/h1-16,27-30H,17H2,(H,38,40)/t27?,28?,29-,30-/m0/s1. The molecule has 0 spiro atoms. The summed E-state index contributed by atoms with van der Waals surface area (Å²) in [7, 11) is 0. The average molecular weight is 597 g/mol. The Bertz CT molecular complexity index is 1750. The second-order valence-corrected chi connectivity index (χ2v) is 11.0. The van der Waals surface area contributed by atoms with Crippen LogP contribution in [0.3, 0.4) is 0 Å². The molecule has 8 rings (SSSR count). The van der Waals surface area contributed by atoms with Gasteiger partial charge in [0.15, 0.2) is 6.61 Å². The van der Waals surface area contributed by atoms with E-state index in [1.165, 1.54) is 24.3 Å². The zero-order valence-electron chi connectivity index (χ0n) is 22.9. The van der Waals surface area contributed by atoms with Gasteiger partial charge in [0.1, 0.15) is 0 Å². The molecular weight excluding hydrogens is 573 g/mol. The zero-order chi connectivity index (χ0) is 30.7. The molecule has 3 amide bonds. The van der Waals surface area contributed by atoms with Gasteiger partial charge in [-0.3, -0.25) is 14.4 Å². The molecule has 4 aromatic rings. The maximum absolute atomic E-state index is 14.1. The predicted molar refractivity (Wildman–Crippen MR) is 153 cm³/mol. The van der Waals surface area contributed by atoms with Crippen molar-refractivity contribution in [2.45, 2.75) is 18.0 Å². The van der Waals surface area contributed by atoms with Crippen LogP contribution in [-0.2, 0) is 25.3 Å². The van der Waals surface area contributed by atoms with Gasteiger partial charge in [0.2, 0.25) is 11.8 Å². The Morgan fingerprint density at radius 3 is 1.80 bits per heavy atom. The third-order valence-corrected chi connectivity index (χ3v) is 8.62. The zero-order valence-corrected chi connectivity index (χ0v) is 22.9. The maximum Gasteiger partial charge on any atom is 0.416 e. The monoisotopic (exact) mass is 596 g/mol. The molecular formula is C34H23F3N2O5. The van der Waals surface area contributed by atoms with E-state index in [4.69, 9.17) is 4.74 Å². The minimum atomic E-state index is -4.59. The fourth-order valence-corrected chi connectivity index (χ4v) is 6.94. The first kappa shape index (κ1) is 27.6. The third-order valence-electron chi connectivity index (χ3n) is 8.62. The van der Waals surface area contributed by atoms with E-state index in [0.29, 0.717) is 0 Å². The van der Waals surface area contributed by atoms with Crippen LogP contribution in [0.5, 0.6) is 0 Å². The molecule has 1 heterocycles. The quantitative estimate of drug-likeness (QED) is 0.229. The molecule has 0 aromatic heterocycles. The largest absolute Gasteiger partial charge is 0.452 e. The van der Waals surface area contributed by atoms with Crippen molar-refractivity contribution >= 4 is 35.1 Å².